The topological polar surface area (TPSA) is 66.8 Å². The molecule has 3 rings (SSSR count). The molecule has 2 aliphatic rings. The quantitative estimate of drug-likeness (QED) is 0.917. The maximum absolute atomic E-state index is 12.8. The molecule has 1 fully saturated rings. The Morgan fingerprint density at radius 1 is 1.48 bits per heavy atom. The van der Waals surface area contributed by atoms with E-state index in [0.717, 1.165) is 17.7 Å². The zero-order chi connectivity index (χ0) is 14.8. The average molecular weight is 327 g/mol. The van der Waals surface area contributed by atoms with E-state index in [-0.39, 0.29) is 17.6 Å². The van der Waals surface area contributed by atoms with Gasteiger partial charge in [0.05, 0.1) is 19.1 Å². The highest BCUT2D eigenvalue weighted by Gasteiger charge is 2.34. The molecule has 114 valence electrons. The number of carboxylic acids is 1. The van der Waals surface area contributed by atoms with E-state index in [9.17, 15) is 9.59 Å². The summed E-state index contributed by atoms with van der Waals surface area (Å²) in [7, 11) is 0. The van der Waals surface area contributed by atoms with E-state index in [4.69, 9.17) is 9.84 Å². The predicted molar refractivity (Wildman–Crippen MR) is 81.8 cm³/mol. The minimum atomic E-state index is -0.888. The van der Waals surface area contributed by atoms with Gasteiger partial charge in [0.2, 0.25) is 5.91 Å². The minimum Gasteiger partial charge on any atom is -0.481 e. The van der Waals surface area contributed by atoms with Gasteiger partial charge >= 0.3 is 5.97 Å². The van der Waals surface area contributed by atoms with E-state index in [1.807, 2.05) is 11.4 Å². The highest BCUT2D eigenvalue weighted by Crippen LogP contribution is 2.40. The number of thioether (sulfide) groups is 1. The van der Waals surface area contributed by atoms with Gasteiger partial charge in [-0.15, -0.1) is 23.1 Å². The molecule has 0 aromatic carbocycles. The number of hydrogen-bond donors (Lipinski definition) is 1. The van der Waals surface area contributed by atoms with Crippen molar-refractivity contribution < 1.29 is 19.4 Å². The fraction of sp³-hybridized carbons (Fsp3) is 0.571. The Hall–Kier alpha value is -1.05. The monoisotopic (exact) mass is 327 g/mol. The molecule has 0 aliphatic carbocycles. The lowest BCUT2D eigenvalue weighted by Gasteiger charge is -2.35. The number of aryl methyl sites for hydroxylation is 1. The van der Waals surface area contributed by atoms with Crippen LogP contribution in [0.2, 0.25) is 0 Å². The third-order valence-corrected chi connectivity index (χ3v) is 5.98. The third-order valence-electron chi connectivity index (χ3n) is 3.75. The molecule has 2 atom stereocenters. The summed E-state index contributed by atoms with van der Waals surface area (Å²) in [6.45, 7) is 1.34. The fourth-order valence-corrected chi connectivity index (χ4v) is 5.13. The van der Waals surface area contributed by atoms with E-state index < -0.39 is 12.1 Å². The average Bonchev–Trinajstić information content (AvgIpc) is 2.94. The Balaban J connectivity index is 1.70. The number of aliphatic carboxylic acids is 1. The lowest BCUT2D eigenvalue weighted by Crippen LogP contribution is -2.47. The second-order valence-corrected chi connectivity index (χ2v) is 7.39. The summed E-state index contributed by atoms with van der Waals surface area (Å²) in [5.41, 5.74) is 1.14. The number of ether oxygens (including phenoxy) is 1. The number of carbonyl (C=O) groups is 2. The van der Waals surface area contributed by atoms with Gasteiger partial charge in [0.15, 0.2) is 0 Å². The lowest BCUT2D eigenvalue weighted by molar-refractivity contribution is -0.147. The molecule has 0 bridgehead atoms. The van der Waals surface area contributed by atoms with Crippen molar-refractivity contribution in [2.45, 2.75) is 24.2 Å². The Kier molecular flexibility index (Phi) is 4.51. The number of morpholine rings is 1. The van der Waals surface area contributed by atoms with Crippen LogP contribution in [0, 0.1) is 0 Å². The van der Waals surface area contributed by atoms with E-state index in [0.29, 0.717) is 19.7 Å². The largest absolute Gasteiger partial charge is 0.481 e. The normalized spacial score (nSPS) is 25.4. The molecule has 0 spiro atoms. The zero-order valence-corrected chi connectivity index (χ0v) is 13.1. The summed E-state index contributed by atoms with van der Waals surface area (Å²) in [6.07, 6.45) is 0.591. The van der Waals surface area contributed by atoms with Crippen LogP contribution in [-0.2, 0) is 20.7 Å². The first-order valence-corrected chi connectivity index (χ1v) is 8.88. The van der Waals surface area contributed by atoms with Crippen LogP contribution in [0.1, 0.15) is 22.1 Å². The van der Waals surface area contributed by atoms with E-state index in [1.54, 1.807) is 28.0 Å². The van der Waals surface area contributed by atoms with E-state index >= 15 is 0 Å². The molecule has 1 amide bonds. The first kappa shape index (κ1) is 14.9. The van der Waals surface area contributed by atoms with Gasteiger partial charge < -0.3 is 14.7 Å². The number of fused-ring (bicyclic) bond motifs is 1. The van der Waals surface area contributed by atoms with Crippen molar-refractivity contribution in [3.8, 4) is 0 Å². The Morgan fingerprint density at radius 3 is 3.14 bits per heavy atom. The van der Waals surface area contributed by atoms with Crippen LogP contribution in [0.25, 0.3) is 0 Å². The first-order valence-electron chi connectivity index (χ1n) is 6.95. The van der Waals surface area contributed by atoms with Crippen molar-refractivity contribution in [3.05, 3.63) is 21.9 Å². The van der Waals surface area contributed by atoms with Crippen molar-refractivity contribution in [2.24, 2.45) is 0 Å². The fourth-order valence-electron chi connectivity index (χ4n) is 2.75. The molecule has 1 N–H and O–H groups in total. The summed E-state index contributed by atoms with van der Waals surface area (Å²) in [4.78, 5) is 26.6. The summed E-state index contributed by atoms with van der Waals surface area (Å²) in [6, 6.07) is 2.05. The molecule has 1 aromatic heterocycles. The molecular formula is C14H17NO4S2. The number of hydrogen-bond acceptors (Lipinski definition) is 5. The molecule has 1 aromatic rings. The number of carboxylic acid groups (broad SMARTS) is 1. The van der Waals surface area contributed by atoms with Gasteiger partial charge in [-0.1, -0.05) is 0 Å². The third kappa shape index (κ3) is 3.25. The Morgan fingerprint density at radius 2 is 2.33 bits per heavy atom. The second kappa shape index (κ2) is 6.37. The summed E-state index contributed by atoms with van der Waals surface area (Å²) in [5, 5.41) is 10.8. The highest BCUT2D eigenvalue weighted by atomic mass is 32.2. The maximum atomic E-state index is 12.8. The zero-order valence-electron chi connectivity index (χ0n) is 11.5. The van der Waals surface area contributed by atoms with Crippen LogP contribution >= 0.6 is 23.1 Å². The molecule has 0 unspecified atom stereocenters. The minimum absolute atomic E-state index is 0.0503. The van der Waals surface area contributed by atoms with Gasteiger partial charge in [0.25, 0.3) is 0 Å². The van der Waals surface area contributed by atoms with Crippen LogP contribution in [-0.4, -0.2) is 53.4 Å². The van der Waals surface area contributed by atoms with Crippen LogP contribution in [0.3, 0.4) is 0 Å². The van der Waals surface area contributed by atoms with Gasteiger partial charge in [0.1, 0.15) is 5.25 Å². The summed E-state index contributed by atoms with van der Waals surface area (Å²) >= 11 is 3.40. The van der Waals surface area contributed by atoms with Crippen molar-refractivity contribution in [2.75, 3.05) is 25.4 Å². The summed E-state index contributed by atoms with van der Waals surface area (Å²) in [5.74, 6) is 0.173. The smallest absolute Gasteiger partial charge is 0.306 e. The molecule has 3 heterocycles. The summed E-state index contributed by atoms with van der Waals surface area (Å²) < 4.78 is 5.43. The van der Waals surface area contributed by atoms with Crippen molar-refractivity contribution in [1.29, 1.82) is 0 Å². The van der Waals surface area contributed by atoms with Gasteiger partial charge in [-0.3, -0.25) is 9.59 Å². The molecule has 21 heavy (non-hydrogen) atoms. The number of carbonyl (C=O) groups excluding carboxylic acids is 1. The van der Waals surface area contributed by atoms with Crippen LogP contribution in [0.4, 0.5) is 0 Å². The van der Waals surface area contributed by atoms with Crippen molar-refractivity contribution in [3.63, 3.8) is 0 Å². The lowest BCUT2D eigenvalue weighted by atomic mass is 10.1. The molecule has 2 aliphatic heterocycles. The Labute approximate surface area is 131 Å². The SMILES string of the molecule is O=C(O)C[C@H]1CN(C(=O)[C@@H]2SCCc3sccc32)CCO1. The second-order valence-electron chi connectivity index (χ2n) is 5.17. The number of thiophene rings is 1. The number of amides is 1. The van der Waals surface area contributed by atoms with Gasteiger partial charge in [-0.25, -0.2) is 0 Å². The molecular weight excluding hydrogens is 310 g/mol. The maximum Gasteiger partial charge on any atom is 0.306 e. The van der Waals surface area contributed by atoms with Crippen LogP contribution in [0.5, 0.6) is 0 Å². The van der Waals surface area contributed by atoms with Gasteiger partial charge in [-0.2, -0.15) is 0 Å². The van der Waals surface area contributed by atoms with Crippen LogP contribution < -0.4 is 0 Å². The van der Waals surface area contributed by atoms with E-state index in [2.05, 4.69) is 0 Å². The van der Waals surface area contributed by atoms with Crippen molar-refractivity contribution >= 4 is 35.0 Å². The predicted octanol–water partition coefficient (Wildman–Crippen LogP) is 1.78. The number of nitrogens with zero attached hydrogens (tertiary/aromatic N) is 1. The number of rotatable bonds is 3. The highest BCUT2D eigenvalue weighted by molar-refractivity contribution is 8.00. The molecule has 0 radical (unpaired) electrons. The van der Waals surface area contributed by atoms with Crippen molar-refractivity contribution in [1.82, 2.24) is 4.90 Å². The molecule has 1 saturated heterocycles. The molecule has 5 nitrogen and oxygen atoms in total. The molecule has 0 saturated carbocycles. The van der Waals surface area contributed by atoms with Gasteiger partial charge in [-0.05, 0) is 29.2 Å². The van der Waals surface area contributed by atoms with Gasteiger partial charge in [0, 0.05) is 18.0 Å². The van der Waals surface area contributed by atoms with Crippen LogP contribution in [0.15, 0.2) is 11.4 Å². The van der Waals surface area contributed by atoms with E-state index in [1.165, 1.54) is 4.88 Å². The Bertz CT molecular complexity index is 545. The standard InChI is InChI=1S/C14H17NO4S2/c16-12(17)7-9-8-15(3-4-19-9)14(18)13-10-1-5-20-11(10)2-6-21-13/h1,5,9,13H,2-4,6-8H2,(H,16,17)/t9-,13+/m0/s1. The molecule has 7 heteroatoms. The first-order chi connectivity index (χ1) is 10.1.